The van der Waals surface area contributed by atoms with Gasteiger partial charge in [-0.25, -0.2) is 4.21 Å². The Morgan fingerprint density at radius 1 is 1.00 bits per heavy atom. The molecule has 0 bridgehead atoms. The zero-order chi connectivity index (χ0) is 21.2. The normalized spacial score (nSPS) is 19.9. The number of amides is 1. The van der Waals surface area contributed by atoms with E-state index in [1.54, 1.807) is 29.4 Å². The average molecular weight is 445 g/mol. The molecule has 0 radical (unpaired) electrons. The Kier molecular flexibility index (Phi) is 5.52. The Morgan fingerprint density at radius 3 is 2.63 bits per heavy atom. The Morgan fingerprint density at radius 2 is 1.83 bits per heavy atom. The molecule has 0 N–H and O–H groups in total. The molecular formula is C20H20N4O4S2. The molecule has 1 amide bonds. The number of hydrogen-bond donors (Lipinski definition) is 0. The third-order valence-electron chi connectivity index (χ3n) is 4.91. The lowest BCUT2D eigenvalue weighted by Gasteiger charge is -2.20. The molecule has 1 saturated heterocycles. The van der Waals surface area contributed by atoms with Crippen molar-refractivity contribution in [2.75, 3.05) is 24.6 Å². The highest BCUT2D eigenvalue weighted by Crippen LogP contribution is 2.19. The molecule has 1 unspecified atom stereocenters. The Bertz CT molecular complexity index is 1320. The van der Waals surface area contributed by atoms with Gasteiger partial charge in [-0.05, 0) is 42.1 Å². The number of sulfonamides is 1. The highest BCUT2D eigenvalue weighted by atomic mass is 32.3. The molecule has 4 rings (SSSR count). The minimum absolute atomic E-state index is 0.00966. The summed E-state index contributed by atoms with van der Waals surface area (Å²) in [7, 11) is -7.08. The van der Waals surface area contributed by atoms with Crippen molar-refractivity contribution < 1.29 is 17.4 Å². The van der Waals surface area contributed by atoms with E-state index in [9.17, 15) is 17.4 Å². The molecule has 2 aromatic heterocycles. The molecule has 0 saturated carbocycles. The van der Waals surface area contributed by atoms with Crippen LogP contribution in [-0.2, 0) is 19.8 Å². The quantitative estimate of drug-likeness (QED) is 0.613. The first-order valence-corrected chi connectivity index (χ1v) is 12.7. The zero-order valence-corrected chi connectivity index (χ0v) is 17.7. The van der Waals surface area contributed by atoms with Gasteiger partial charge in [0.15, 0.2) is 0 Å². The largest absolute Gasteiger partial charge is 0.338 e. The van der Waals surface area contributed by atoms with E-state index in [4.69, 9.17) is 0 Å². The van der Waals surface area contributed by atoms with E-state index in [1.807, 2.05) is 12.1 Å². The monoisotopic (exact) mass is 444 g/mol. The molecule has 0 aliphatic carbocycles. The second-order valence-corrected chi connectivity index (χ2v) is 11.4. The van der Waals surface area contributed by atoms with Crippen molar-refractivity contribution in [2.24, 2.45) is 3.77 Å². The van der Waals surface area contributed by atoms with Crippen molar-refractivity contribution in [1.82, 2.24) is 14.9 Å². The number of benzene rings is 1. The topological polar surface area (TPSA) is 110 Å². The summed E-state index contributed by atoms with van der Waals surface area (Å²) in [5.74, 6) is -0.0393. The lowest BCUT2D eigenvalue weighted by atomic mass is 10.1. The SMILES string of the molecule is O=C(c1ccc2cnccc2c1)N1CCCS(=O)(=NS(=O)(=O)c2cccnc2)CC1. The lowest BCUT2D eigenvalue weighted by molar-refractivity contribution is 0.0768. The summed E-state index contributed by atoms with van der Waals surface area (Å²) < 4.78 is 42.0. The summed E-state index contributed by atoms with van der Waals surface area (Å²) in [6.45, 7) is 0.574. The van der Waals surface area contributed by atoms with Crippen molar-refractivity contribution in [2.45, 2.75) is 11.3 Å². The van der Waals surface area contributed by atoms with Crippen LogP contribution in [0, 0.1) is 0 Å². The van der Waals surface area contributed by atoms with Crippen molar-refractivity contribution >= 4 is 36.4 Å². The van der Waals surface area contributed by atoms with E-state index in [1.165, 1.54) is 24.5 Å². The van der Waals surface area contributed by atoms with Gasteiger partial charge in [0.05, 0.1) is 15.5 Å². The predicted octanol–water partition coefficient (Wildman–Crippen LogP) is 2.33. The summed E-state index contributed by atoms with van der Waals surface area (Å²) in [5.41, 5.74) is 0.530. The van der Waals surface area contributed by atoms with Crippen molar-refractivity contribution in [3.63, 3.8) is 0 Å². The predicted molar refractivity (Wildman–Crippen MR) is 114 cm³/mol. The Labute approximate surface area is 175 Å². The van der Waals surface area contributed by atoms with Gasteiger partial charge in [0.25, 0.3) is 15.9 Å². The number of hydrogen-bond acceptors (Lipinski definition) is 6. The van der Waals surface area contributed by atoms with Gasteiger partial charge < -0.3 is 4.90 Å². The minimum atomic E-state index is -4.07. The lowest BCUT2D eigenvalue weighted by Crippen LogP contribution is -2.33. The van der Waals surface area contributed by atoms with E-state index in [0.717, 1.165) is 10.8 Å². The highest BCUT2D eigenvalue weighted by molar-refractivity contribution is 8.03. The zero-order valence-electron chi connectivity index (χ0n) is 16.0. The van der Waals surface area contributed by atoms with Gasteiger partial charge in [0.1, 0.15) is 4.90 Å². The van der Waals surface area contributed by atoms with Crippen LogP contribution in [0.15, 0.2) is 69.8 Å². The van der Waals surface area contributed by atoms with Gasteiger partial charge in [-0.2, -0.15) is 8.42 Å². The van der Waals surface area contributed by atoms with E-state index in [-0.39, 0.29) is 28.9 Å². The molecule has 10 heteroatoms. The summed E-state index contributed by atoms with van der Waals surface area (Å²) in [4.78, 5) is 22.4. The van der Waals surface area contributed by atoms with Crippen molar-refractivity contribution in [3.05, 3.63) is 66.7 Å². The minimum Gasteiger partial charge on any atom is -0.338 e. The second-order valence-electron chi connectivity index (χ2n) is 7.00. The summed E-state index contributed by atoms with van der Waals surface area (Å²) in [6.07, 6.45) is 6.45. The summed E-state index contributed by atoms with van der Waals surface area (Å²) in [6, 6.07) is 10.1. The number of fused-ring (bicyclic) bond motifs is 1. The van der Waals surface area contributed by atoms with Crippen LogP contribution in [0.25, 0.3) is 10.8 Å². The van der Waals surface area contributed by atoms with Crippen LogP contribution < -0.4 is 0 Å². The molecule has 1 aromatic carbocycles. The van der Waals surface area contributed by atoms with Crippen LogP contribution >= 0.6 is 0 Å². The number of pyridine rings is 2. The highest BCUT2D eigenvalue weighted by Gasteiger charge is 2.25. The van der Waals surface area contributed by atoms with Gasteiger partial charge >= 0.3 is 0 Å². The Balaban J connectivity index is 1.56. The molecular weight excluding hydrogens is 424 g/mol. The van der Waals surface area contributed by atoms with E-state index in [2.05, 4.69) is 13.7 Å². The molecule has 1 atom stereocenters. The third-order valence-corrected chi connectivity index (χ3v) is 9.37. The number of carbonyl (C=O) groups excluding carboxylic acids is 1. The van der Waals surface area contributed by atoms with Crippen LogP contribution in [0.2, 0.25) is 0 Å². The Hall–Kier alpha value is -2.85. The summed E-state index contributed by atoms with van der Waals surface area (Å²) >= 11 is 0. The summed E-state index contributed by atoms with van der Waals surface area (Å²) in [5, 5.41) is 1.85. The standard InChI is InChI=1S/C20H20N4O4S2/c25-20(17-4-5-18-14-22-8-6-16(18)13-17)24-9-2-11-29(26,12-10-24)23-30(27,28)19-3-1-7-21-15-19/h1,3-8,13-15H,2,9-12H2. The fourth-order valence-electron chi connectivity index (χ4n) is 3.35. The maximum atomic E-state index is 13.2. The van der Waals surface area contributed by atoms with Crippen molar-refractivity contribution in [3.8, 4) is 0 Å². The van der Waals surface area contributed by atoms with Crippen molar-refractivity contribution in [1.29, 1.82) is 0 Å². The number of nitrogens with zero attached hydrogens (tertiary/aromatic N) is 4. The van der Waals surface area contributed by atoms with Gasteiger partial charge in [-0.3, -0.25) is 14.8 Å². The third kappa shape index (κ3) is 4.34. The average Bonchev–Trinajstić information content (AvgIpc) is 2.94. The van der Waals surface area contributed by atoms with Crippen LogP contribution in [0.4, 0.5) is 0 Å². The van der Waals surface area contributed by atoms with Crippen LogP contribution in [0.3, 0.4) is 0 Å². The van der Waals surface area contributed by atoms with E-state index >= 15 is 0 Å². The van der Waals surface area contributed by atoms with E-state index in [0.29, 0.717) is 18.5 Å². The molecule has 3 heterocycles. The van der Waals surface area contributed by atoms with Gasteiger partial charge in [0.2, 0.25) is 0 Å². The van der Waals surface area contributed by atoms with Crippen LogP contribution in [-0.4, -0.2) is 58.0 Å². The molecule has 156 valence electrons. The fraction of sp³-hybridized carbons (Fsp3) is 0.250. The molecule has 0 spiro atoms. The van der Waals surface area contributed by atoms with Crippen LogP contribution in [0.1, 0.15) is 16.8 Å². The number of rotatable bonds is 3. The smallest absolute Gasteiger partial charge is 0.291 e. The maximum absolute atomic E-state index is 13.2. The molecule has 30 heavy (non-hydrogen) atoms. The molecule has 1 aliphatic heterocycles. The molecule has 1 aliphatic rings. The molecule has 3 aromatic rings. The molecule has 8 nitrogen and oxygen atoms in total. The first-order chi connectivity index (χ1) is 14.4. The first-order valence-electron chi connectivity index (χ1n) is 9.38. The van der Waals surface area contributed by atoms with E-state index < -0.39 is 19.8 Å². The van der Waals surface area contributed by atoms with Gasteiger partial charge in [-0.15, -0.1) is 3.77 Å². The van der Waals surface area contributed by atoms with Crippen LogP contribution in [0.5, 0.6) is 0 Å². The molecule has 1 fully saturated rings. The van der Waals surface area contributed by atoms with Gasteiger partial charge in [-0.1, -0.05) is 6.07 Å². The number of carbonyl (C=O) groups is 1. The first kappa shape index (κ1) is 20.4. The number of aromatic nitrogens is 2. The van der Waals surface area contributed by atoms with Gasteiger partial charge in [0, 0.05) is 54.6 Å². The fourth-order valence-corrected chi connectivity index (χ4v) is 7.45. The maximum Gasteiger partial charge on any atom is 0.291 e. The second kappa shape index (κ2) is 8.11.